The van der Waals surface area contributed by atoms with Crippen LogP contribution < -0.4 is 5.32 Å². The molecule has 1 amide bonds. The van der Waals surface area contributed by atoms with Gasteiger partial charge in [-0.05, 0) is 37.8 Å². The van der Waals surface area contributed by atoms with E-state index in [4.69, 9.17) is 5.11 Å². The summed E-state index contributed by atoms with van der Waals surface area (Å²) >= 11 is 0. The van der Waals surface area contributed by atoms with Gasteiger partial charge in [-0.1, -0.05) is 0 Å². The van der Waals surface area contributed by atoms with Crippen molar-refractivity contribution in [2.45, 2.75) is 25.7 Å². The Hall–Kier alpha value is -1.98. The van der Waals surface area contributed by atoms with E-state index in [2.05, 4.69) is 5.32 Å². The molecule has 0 heterocycles. The van der Waals surface area contributed by atoms with Crippen LogP contribution in [0, 0.1) is 23.5 Å². The molecule has 1 fully saturated rings. The lowest BCUT2D eigenvalue weighted by Gasteiger charge is -2.25. The Balaban J connectivity index is 1.92. The number of carbonyl (C=O) groups is 2. The molecular formula is C14H15F2NO3. The van der Waals surface area contributed by atoms with Crippen LogP contribution in [0.4, 0.5) is 14.5 Å². The summed E-state index contributed by atoms with van der Waals surface area (Å²) in [5.41, 5.74) is 0.203. The molecule has 0 radical (unpaired) electrons. The Bertz CT molecular complexity index is 525. The summed E-state index contributed by atoms with van der Waals surface area (Å²) in [6.45, 7) is 0. The lowest BCUT2D eigenvalue weighted by Crippen LogP contribution is -2.29. The first-order valence-corrected chi connectivity index (χ1v) is 6.46. The summed E-state index contributed by atoms with van der Waals surface area (Å²) in [6, 6.07) is 3.17. The fraction of sp³-hybridized carbons (Fsp3) is 0.429. The van der Waals surface area contributed by atoms with E-state index in [1.54, 1.807) is 0 Å². The number of carboxylic acids is 1. The largest absolute Gasteiger partial charge is 0.481 e. The lowest BCUT2D eigenvalue weighted by molar-refractivity contribution is -0.143. The number of carbonyl (C=O) groups excluding carboxylic acids is 1. The van der Waals surface area contributed by atoms with Gasteiger partial charge in [0.2, 0.25) is 5.91 Å². The Labute approximate surface area is 114 Å². The molecule has 20 heavy (non-hydrogen) atoms. The Morgan fingerprint density at radius 1 is 1.05 bits per heavy atom. The SMILES string of the molecule is O=C(O)C1CCC(C(=O)Nc2ccc(F)c(F)c2)CC1. The van der Waals surface area contributed by atoms with Gasteiger partial charge in [0, 0.05) is 17.7 Å². The van der Waals surface area contributed by atoms with E-state index in [-0.39, 0.29) is 23.4 Å². The first-order valence-electron chi connectivity index (χ1n) is 6.46. The number of nitrogens with one attached hydrogen (secondary N) is 1. The minimum atomic E-state index is -1.02. The number of anilines is 1. The number of rotatable bonds is 3. The van der Waals surface area contributed by atoms with Gasteiger partial charge in [-0.15, -0.1) is 0 Å². The van der Waals surface area contributed by atoms with Crippen LogP contribution in [0.1, 0.15) is 25.7 Å². The van der Waals surface area contributed by atoms with E-state index < -0.39 is 17.6 Å². The molecule has 4 nitrogen and oxygen atoms in total. The predicted octanol–water partition coefficient (Wildman–Crippen LogP) is 2.79. The van der Waals surface area contributed by atoms with Crippen molar-refractivity contribution >= 4 is 17.6 Å². The van der Waals surface area contributed by atoms with Crippen LogP contribution in [0.15, 0.2) is 18.2 Å². The van der Waals surface area contributed by atoms with Crippen molar-refractivity contribution in [3.8, 4) is 0 Å². The number of carboxylic acid groups (broad SMARTS) is 1. The fourth-order valence-electron chi connectivity index (χ4n) is 2.42. The highest BCUT2D eigenvalue weighted by Crippen LogP contribution is 2.29. The van der Waals surface area contributed by atoms with Crippen molar-refractivity contribution in [3.05, 3.63) is 29.8 Å². The number of hydrogen-bond donors (Lipinski definition) is 2. The summed E-state index contributed by atoms with van der Waals surface area (Å²) in [4.78, 5) is 22.8. The second kappa shape index (κ2) is 5.98. The third-order valence-electron chi connectivity index (χ3n) is 3.63. The minimum absolute atomic E-state index is 0.203. The van der Waals surface area contributed by atoms with Crippen LogP contribution in [0.3, 0.4) is 0 Å². The van der Waals surface area contributed by atoms with Crippen LogP contribution in [-0.4, -0.2) is 17.0 Å². The monoisotopic (exact) mass is 283 g/mol. The molecular weight excluding hydrogens is 268 g/mol. The Kier molecular flexibility index (Phi) is 4.32. The lowest BCUT2D eigenvalue weighted by atomic mass is 9.81. The van der Waals surface area contributed by atoms with E-state index in [9.17, 15) is 18.4 Å². The highest BCUT2D eigenvalue weighted by molar-refractivity contribution is 5.92. The van der Waals surface area contributed by atoms with E-state index in [0.717, 1.165) is 12.1 Å². The van der Waals surface area contributed by atoms with Crippen molar-refractivity contribution in [2.24, 2.45) is 11.8 Å². The molecule has 0 unspecified atom stereocenters. The molecule has 108 valence electrons. The van der Waals surface area contributed by atoms with Crippen molar-refractivity contribution in [1.82, 2.24) is 0 Å². The second-order valence-electron chi connectivity index (χ2n) is 5.00. The van der Waals surface area contributed by atoms with Crippen LogP contribution in [0.5, 0.6) is 0 Å². The molecule has 0 aromatic heterocycles. The maximum Gasteiger partial charge on any atom is 0.306 e. The third kappa shape index (κ3) is 3.31. The average Bonchev–Trinajstić information content (AvgIpc) is 2.43. The number of halogens is 2. The zero-order chi connectivity index (χ0) is 14.7. The summed E-state index contributed by atoms with van der Waals surface area (Å²) in [7, 11) is 0. The maximum absolute atomic E-state index is 13.0. The molecule has 1 aromatic rings. The second-order valence-corrected chi connectivity index (χ2v) is 5.00. The summed E-state index contributed by atoms with van der Waals surface area (Å²) < 4.78 is 25.8. The van der Waals surface area contributed by atoms with Gasteiger partial charge in [-0.2, -0.15) is 0 Å². The summed E-state index contributed by atoms with van der Waals surface area (Å²) in [5.74, 6) is -3.76. The normalized spacial score (nSPS) is 22.3. The minimum Gasteiger partial charge on any atom is -0.481 e. The Morgan fingerprint density at radius 2 is 1.65 bits per heavy atom. The highest BCUT2D eigenvalue weighted by Gasteiger charge is 2.29. The third-order valence-corrected chi connectivity index (χ3v) is 3.63. The van der Waals surface area contributed by atoms with Crippen LogP contribution >= 0.6 is 0 Å². The molecule has 1 aromatic carbocycles. The maximum atomic E-state index is 13.0. The molecule has 6 heteroatoms. The number of benzene rings is 1. The first-order chi connectivity index (χ1) is 9.47. The van der Waals surface area contributed by atoms with Crippen molar-refractivity contribution in [3.63, 3.8) is 0 Å². The van der Waals surface area contributed by atoms with Gasteiger partial charge in [-0.3, -0.25) is 9.59 Å². The molecule has 2 N–H and O–H groups in total. The highest BCUT2D eigenvalue weighted by atomic mass is 19.2. The van der Waals surface area contributed by atoms with E-state index >= 15 is 0 Å². The molecule has 1 aliphatic rings. The van der Waals surface area contributed by atoms with Gasteiger partial charge in [0.1, 0.15) is 0 Å². The van der Waals surface area contributed by atoms with Crippen molar-refractivity contribution in [2.75, 3.05) is 5.32 Å². The zero-order valence-corrected chi connectivity index (χ0v) is 10.7. The molecule has 0 saturated heterocycles. The zero-order valence-electron chi connectivity index (χ0n) is 10.7. The van der Waals surface area contributed by atoms with Crippen LogP contribution in [-0.2, 0) is 9.59 Å². The van der Waals surface area contributed by atoms with E-state index in [0.29, 0.717) is 25.7 Å². The molecule has 1 aliphatic carbocycles. The molecule has 1 saturated carbocycles. The number of amides is 1. The predicted molar refractivity (Wildman–Crippen MR) is 68.1 cm³/mol. The summed E-state index contributed by atoms with van der Waals surface area (Å²) in [6.07, 6.45) is 1.91. The fourth-order valence-corrected chi connectivity index (χ4v) is 2.42. The number of aliphatic carboxylic acids is 1. The quantitative estimate of drug-likeness (QED) is 0.896. The average molecular weight is 283 g/mol. The van der Waals surface area contributed by atoms with E-state index in [1.807, 2.05) is 0 Å². The van der Waals surface area contributed by atoms with Gasteiger partial charge in [0.25, 0.3) is 0 Å². The van der Waals surface area contributed by atoms with Crippen molar-refractivity contribution in [1.29, 1.82) is 0 Å². The van der Waals surface area contributed by atoms with Crippen LogP contribution in [0.2, 0.25) is 0 Å². The summed E-state index contributed by atoms with van der Waals surface area (Å²) in [5, 5.41) is 11.4. The molecule has 0 bridgehead atoms. The van der Waals surface area contributed by atoms with Gasteiger partial charge in [0.15, 0.2) is 11.6 Å². The smallest absolute Gasteiger partial charge is 0.306 e. The van der Waals surface area contributed by atoms with Crippen LogP contribution in [0.25, 0.3) is 0 Å². The number of hydrogen-bond acceptors (Lipinski definition) is 2. The first kappa shape index (κ1) is 14.4. The van der Waals surface area contributed by atoms with Gasteiger partial charge >= 0.3 is 5.97 Å². The van der Waals surface area contributed by atoms with Gasteiger partial charge in [0.05, 0.1) is 5.92 Å². The standard InChI is InChI=1S/C14H15F2NO3/c15-11-6-5-10(7-12(11)16)17-13(18)8-1-3-9(4-2-8)14(19)20/h5-9H,1-4H2,(H,17,18)(H,19,20). The molecule has 0 atom stereocenters. The molecule has 0 aliphatic heterocycles. The van der Waals surface area contributed by atoms with Crippen molar-refractivity contribution < 1.29 is 23.5 Å². The molecule has 0 spiro atoms. The Morgan fingerprint density at radius 3 is 2.20 bits per heavy atom. The van der Waals surface area contributed by atoms with Gasteiger partial charge in [-0.25, -0.2) is 8.78 Å². The van der Waals surface area contributed by atoms with E-state index in [1.165, 1.54) is 6.07 Å². The van der Waals surface area contributed by atoms with Gasteiger partial charge < -0.3 is 10.4 Å². The molecule has 2 rings (SSSR count). The topological polar surface area (TPSA) is 66.4 Å².